The van der Waals surface area contributed by atoms with Gasteiger partial charge in [0.25, 0.3) is 5.91 Å². The van der Waals surface area contributed by atoms with Crippen LogP contribution in [-0.2, 0) is 0 Å². The summed E-state index contributed by atoms with van der Waals surface area (Å²) in [5, 5.41) is 3.39. The van der Waals surface area contributed by atoms with Gasteiger partial charge in [0, 0.05) is 19.7 Å². The van der Waals surface area contributed by atoms with E-state index < -0.39 is 0 Å². The Bertz CT molecular complexity index is 437. The second kappa shape index (κ2) is 8.03. The van der Waals surface area contributed by atoms with Crippen LogP contribution in [0.4, 0.5) is 0 Å². The lowest BCUT2D eigenvalue weighted by atomic mass is 9.93. The number of amides is 1. The molecule has 0 bridgehead atoms. The third-order valence-electron chi connectivity index (χ3n) is 3.99. The van der Waals surface area contributed by atoms with Crippen molar-refractivity contribution in [3.63, 3.8) is 0 Å². The summed E-state index contributed by atoms with van der Waals surface area (Å²) in [6.07, 6.45) is 4.94. The molecule has 1 aliphatic rings. The first-order valence-corrected chi connectivity index (χ1v) is 7.82. The number of benzene rings is 1. The van der Waals surface area contributed by atoms with E-state index in [-0.39, 0.29) is 5.91 Å². The summed E-state index contributed by atoms with van der Waals surface area (Å²) in [6, 6.07) is 7.40. The lowest BCUT2D eigenvalue weighted by molar-refractivity contribution is 0.0827. The van der Waals surface area contributed by atoms with Crippen molar-refractivity contribution in [2.45, 2.75) is 25.7 Å². The highest BCUT2D eigenvalue weighted by Crippen LogP contribution is 2.18. The van der Waals surface area contributed by atoms with Crippen molar-refractivity contribution in [3.8, 4) is 5.75 Å². The molecule has 0 atom stereocenters. The molecule has 1 aromatic carbocycles. The van der Waals surface area contributed by atoms with Crippen molar-refractivity contribution in [2.24, 2.45) is 5.92 Å². The first-order chi connectivity index (χ1) is 10.2. The molecule has 0 spiro atoms. The lowest BCUT2D eigenvalue weighted by Gasteiger charge is -2.22. The Balaban J connectivity index is 1.69. The van der Waals surface area contributed by atoms with Gasteiger partial charge >= 0.3 is 0 Å². The molecule has 1 heterocycles. The van der Waals surface area contributed by atoms with E-state index in [9.17, 15) is 4.79 Å². The molecule has 4 nitrogen and oxygen atoms in total. The van der Waals surface area contributed by atoms with Gasteiger partial charge in [0.15, 0.2) is 0 Å². The van der Waals surface area contributed by atoms with E-state index in [0.29, 0.717) is 5.56 Å². The summed E-state index contributed by atoms with van der Waals surface area (Å²) in [5.41, 5.74) is 0.696. The fourth-order valence-electron chi connectivity index (χ4n) is 2.68. The van der Waals surface area contributed by atoms with Gasteiger partial charge in [-0.2, -0.15) is 0 Å². The molecule has 2 rings (SSSR count). The van der Waals surface area contributed by atoms with E-state index in [0.717, 1.165) is 37.8 Å². The topological polar surface area (TPSA) is 41.6 Å². The first-order valence-electron chi connectivity index (χ1n) is 7.82. The van der Waals surface area contributed by atoms with E-state index in [1.165, 1.54) is 19.3 Å². The normalized spacial score (nSPS) is 15.7. The smallest absolute Gasteiger partial charge is 0.253 e. The largest absolute Gasteiger partial charge is 0.494 e. The zero-order valence-electron chi connectivity index (χ0n) is 13.1. The number of piperidine rings is 1. The Labute approximate surface area is 127 Å². The number of ether oxygens (including phenoxy) is 1. The van der Waals surface area contributed by atoms with Gasteiger partial charge in [-0.3, -0.25) is 4.79 Å². The van der Waals surface area contributed by atoms with Gasteiger partial charge in [0.05, 0.1) is 6.61 Å². The molecule has 0 aromatic heterocycles. The van der Waals surface area contributed by atoms with Crippen LogP contribution in [0.2, 0.25) is 0 Å². The molecule has 0 aliphatic carbocycles. The number of hydrogen-bond donors (Lipinski definition) is 1. The predicted octanol–water partition coefficient (Wildman–Crippen LogP) is 2.55. The molecule has 1 fully saturated rings. The number of carbonyl (C=O) groups is 1. The second-order valence-corrected chi connectivity index (χ2v) is 5.91. The zero-order chi connectivity index (χ0) is 15.1. The first kappa shape index (κ1) is 15.8. The van der Waals surface area contributed by atoms with E-state index in [2.05, 4.69) is 5.32 Å². The van der Waals surface area contributed by atoms with Crippen LogP contribution in [0.3, 0.4) is 0 Å². The molecular formula is C17H26N2O2. The van der Waals surface area contributed by atoms with Gasteiger partial charge in [-0.15, -0.1) is 0 Å². The van der Waals surface area contributed by atoms with Gasteiger partial charge in [0.1, 0.15) is 5.75 Å². The van der Waals surface area contributed by atoms with E-state index in [1.807, 2.05) is 24.3 Å². The average Bonchev–Trinajstić information content (AvgIpc) is 2.52. The van der Waals surface area contributed by atoms with Crippen molar-refractivity contribution in [1.82, 2.24) is 10.2 Å². The minimum atomic E-state index is 0.0208. The highest BCUT2D eigenvalue weighted by molar-refractivity contribution is 5.93. The molecule has 116 valence electrons. The van der Waals surface area contributed by atoms with Crippen LogP contribution in [-0.4, -0.2) is 44.6 Å². The van der Waals surface area contributed by atoms with Crippen molar-refractivity contribution in [2.75, 3.05) is 33.8 Å². The summed E-state index contributed by atoms with van der Waals surface area (Å²) in [7, 11) is 3.51. The number of hydrogen-bond acceptors (Lipinski definition) is 3. The van der Waals surface area contributed by atoms with Crippen LogP contribution in [0.25, 0.3) is 0 Å². The van der Waals surface area contributed by atoms with Crippen LogP contribution in [0.15, 0.2) is 24.3 Å². The maximum absolute atomic E-state index is 11.8. The van der Waals surface area contributed by atoms with Crippen molar-refractivity contribution in [1.29, 1.82) is 0 Å². The highest BCUT2D eigenvalue weighted by Gasteiger charge is 2.12. The fourth-order valence-corrected chi connectivity index (χ4v) is 2.68. The number of rotatable bonds is 6. The van der Waals surface area contributed by atoms with Crippen LogP contribution >= 0.6 is 0 Å². The molecule has 0 saturated carbocycles. The molecule has 1 aromatic rings. The quantitative estimate of drug-likeness (QED) is 0.819. The number of carbonyl (C=O) groups excluding carboxylic acids is 1. The minimum Gasteiger partial charge on any atom is -0.494 e. The van der Waals surface area contributed by atoms with Crippen molar-refractivity contribution < 1.29 is 9.53 Å². The van der Waals surface area contributed by atoms with Crippen molar-refractivity contribution in [3.05, 3.63) is 29.8 Å². The molecule has 1 aliphatic heterocycles. The Kier molecular flexibility index (Phi) is 6.05. The summed E-state index contributed by atoms with van der Waals surface area (Å²) >= 11 is 0. The monoisotopic (exact) mass is 290 g/mol. The summed E-state index contributed by atoms with van der Waals surface area (Å²) in [4.78, 5) is 13.3. The Morgan fingerprint density at radius 3 is 2.52 bits per heavy atom. The van der Waals surface area contributed by atoms with Crippen LogP contribution in [0.5, 0.6) is 5.75 Å². The summed E-state index contributed by atoms with van der Waals surface area (Å²) in [6.45, 7) is 3.07. The zero-order valence-corrected chi connectivity index (χ0v) is 13.1. The number of nitrogens with zero attached hydrogens (tertiary/aromatic N) is 1. The van der Waals surface area contributed by atoms with Gasteiger partial charge < -0.3 is 15.0 Å². The van der Waals surface area contributed by atoms with Gasteiger partial charge in [0.2, 0.25) is 0 Å². The van der Waals surface area contributed by atoms with Gasteiger partial charge in [-0.05, 0) is 69.0 Å². The SMILES string of the molecule is CN(C)C(=O)c1ccc(OCCCC2CCNCC2)cc1. The minimum absolute atomic E-state index is 0.0208. The molecule has 1 N–H and O–H groups in total. The van der Waals surface area contributed by atoms with Crippen LogP contribution in [0, 0.1) is 5.92 Å². The molecule has 0 unspecified atom stereocenters. The van der Waals surface area contributed by atoms with Crippen molar-refractivity contribution >= 4 is 5.91 Å². The summed E-state index contributed by atoms with van der Waals surface area (Å²) < 4.78 is 5.75. The van der Waals surface area contributed by atoms with Gasteiger partial charge in [-0.25, -0.2) is 0 Å². The third kappa shape index (κ3) is 5.05. The number of nitrogens with one attached hydrogen (secondary N) is 1. The van der Waals surface area contributed by atoms with Crippen LogP contribution in [0.1, 0.15) is 36.0 Å². The standard InChI is InChI=1S/C17H26N2O2/c1-19(2)17(20)15-5-7-16(8-6-15)21-13-3-4-14-9-11-18-12-10-14/h5-8,14,18H,3-4,9-13H2,1-2H3. The molecule has 1 saturated heterocycles. The van der Waals surface area contributed by atoms with E-state index in [4.69, 9.17) is 4.74 Å². The maximum atomic E-state index is 11.8. The Hall–Kier alpha value is -1.55. The molecule has 0 radical (unpaired) electrons. The average molecular weight is 290 g/mol. The molecule has 4 heteroatoms. The van der Waals surface area contributed by atoms with Crippen LogP contribution < -0.4 is 10.1 Å². The Morgan fingerprint density at radius 2 is 1.90 bits per heavy atom. The van der Waals surface area contributed by atoms with E-state index in [1.54, 1.807) is 19.0 Å². The van der Waals surface area contributed by atoms with Gasteiger partial charge in [-0.1, -0.05) is 0 Å². The molecular weight excluding hydrogens is 264 g/mol. The van der Waals surface area contributed by atoms with E-state index >= 15 is 0 Å². The predicted molar refractivity (Wildman–Crippen MR) is 84.8 cm³/mol. The Morgan fingerprint density at radius 1 is 1.24 bits per heavy atom. The highest BCUT2D eigenvalue weighted by atomic mass is 16.5. The molecule has 21 heavy (non-hydrogen) atoms. The molecule has 1 amide bonds. The third-order valence-corrected chi connectivity index (χ3v) is 3.99. The maximum Gasteiger partial charge on any atom is 0.253 e. The summed E-state index contributed by atoms with van der Waals surface area (Å²) in [5.74, 6) is 1.72. The second-order valence-electron chi connectivity index (χ2n) is 5.91. The lowest BCUT2D eigenvalue weighted by Crippen LogP contribution is -2.27. The fraction of sp³-hybridized carbons (Fsp3) is 0.588.